The van der Waals surface area contributed by atoms with Crippen molar-refractivity contribution >= 4 is 17.9 Å². The van der Waals surface area contributed by atoms with E-state index in [0.29, 0.717) is 0 Å². The second-order valence-corrected chi connectivity index (χ2v) is 8.44. The summed E-state index contributed by atoms with van der Waals surface area (Å²) in [6.07, 6.45) is 18.2. The number of carbonyl (C=O) groups is 3. The number of ether oxygens (including phenoxy) is 3. The van der Waals surface area contributed by atoms with E-state index in [1.165, 1.54) is 42.5 Å². The van der Waals surface area contributed by atoms with Gasteiger partial charge in [-0.15, -0.1) is 0 Å². The molecule has 0 fully saturated rings. The zero-order valence-electron chi connectivity index (χ0n) is 19.1. The largest absolute Gasteiger partial charge is 0.425 e. The predicted octanol–water partition coefficient (Wildman–Crippen LogP) is 2.77. The van der Waals surface area contributed by atoms with E-state index in [4.69, 9.17) is 14.2 Å². The van der Waals surface area contributed by atoms with Gasteiger partial charge in [-0.3, -0.25) is 0 Å². The van der Waals surface area contributed by atoms with Crippen molar-refractivity contribution in [2.24, 2.45) is 0 Å². The van der Waals surface area contributed by atoms with Gasteiger partial charge in [-0.25, -0.2) is 14.4 Å². The molecule has 0 heterocycles. The third-order valence-electron chi connectivity index (χ3n) is 5.55. The van der Waals surface area contributed by atoms with Crippen LogP contribution in [0.4, 0.5) is 0 Å². The van der Waals surface area contributed by atoms with E-state index in [1.54, 1.807) is 36.5 Å². The highest BCUT2D eigenvalue weighted by atomic mass is 16.7. The van der Waals surface area contributed by atoms with Crippen LogP contribution in [0.3, 0.4) is 0 Å². The second-order valence-electron chi connectivity index (χ2n) is 8.44. The van der Waals surface area contributed by atoms with Gasteiger partial charge in [0.15, 0.2) is 0 Å². The number of allylic oxidation sites excluding steroid dienone is 6. The lowest BCUT2D eigenvalue weighted by Crippen LogP contribution is -2.36. The molecule has 0 amide bonds. The smallest absolute Gasteiger partial charge is 0.341 e. The maximum atomic E-state index is 13.1. The molecule has 4 rings (SSSR count). The zero-order chi connectivity index (χ0) is 25.8. The van der Waals surface area contributed by atoms with Crippen molar-refractivity contribution in [2.45, 2.75) is 36.6 Å². The molecule has 36 heavy (non-hydrogen) atoms. The van der Waals surface area contributed by atoms with Crippen molar-refractivity contribution in [2.75, 3.05) is 0 Å². The van der Waals surface area contributed by atoms with Gasteiger partial charge in [0.05, 0.1) is 16.7 Å². The Morgan fingerprint density at radius 1 is 0.583 bits per heavy atom. The number of hydrogen-bond acceptors (Lipinski definition) is 9. The summed E-state index contributed by atoms with van der Waals surface area (Å²) in [7, 11) is 0. The van der Waals surface area contributed by atoms with Crippen LogP contribution in [0.5, 0.6) is 0 Å². The Morgan fingerprint density at radius 2 is 1.00 bits per heavy atom. The molecule has 9 heteroatoms. The molecule has 3 aliphatic rings. The summed E-state index contributed by atoms with van der Waals surface area (Å²) in [4.78, 5) is 38.8. The summed E-state index contributed by atoms with van der Waals surface area (Å²) < 4.78 is 15.6. The molecule has 0 aliphatic heterocycles. The van der Waals surface area contributed by atoms with Gasteiger partial charge in [0.1, 0.15) is 0 Å². The van der Waals surface area contributed by atoms with Gasteiger partial charge in [-0.1, -0.05) is 54.7 Å². The SMILES string of the molecule is O=C(OC1(O)C=CC=CC1)c1ccc(C(=O)OC2(O)C=CC=CC2)c(C(=O)OC2(O)C=CC=CC2)c1. The molecule has 0 bridgehead atoms. The fraction of sp³-hybridized carbons (Fsp3) is 0.222. The van der Waals surface area contributed by atoms with Crippen molar-refractivity contribution in [1.82, 2.24) is 0 Å². The Labute approximate surface area is 206 Å². The lowest BCUT2D eigenvalue weighted by molar-refractivity contribution is -0.128. The molecule has 0 aromatic heterocycles. The Morgan fingerprint density at radius 3 is 1.42 bits per heavy atom. The summed E-state index contributed by atoms with van der Waals surface area (Å²) in [5, 5.41) is 31.5. The normalized spacial score (nSPS) is 28.1. The molecule has 3 aliphatic carbocycles. The van der Waals surface area contributed by atoms with Gasteiger partial charge in [-0.2, -0.15) is 0 Å². The van der Waals surface area contributed by atoms with E-state index < -0.39 is 40.8 Å². The highest BCUT2D eigenvalue weighted by Gasteiger charge is 2.35. The van der Waals surface area contributed by atoms with Gasteiger partial charge < -0.3 is 29.5 Å². The Bertz CT molecular complexity index is 1250. The first-order valence-corrected chi connectivity index (χ1v) is 11.1. The topological polar surface area (TPSA) is 140 Å². The Kier molecular flexibility index (Phi) is 6.89. The lowest BCUT2D eigenvalue weighted by Gasteiger charge is -2.27. The maximum absolute atomic E-state index is 13.1. The molecule has 3 atom stereocenters. The average molecular weight is 492 g/mol. The van der Waals surface area contributed by atoms with E-state index in [-0.39, 0.29) is 30.4 Å². The van der Waals surface area contributed by atoms with Gasteiger partial charge in [0.25, 0.3) is 0 Å². The number of carbonyl (C=O) groups excluding carboxylic acids is 3. The summed E-state index contributed by atoms with van der Waals surface area (Å²) in [5.74, 6) is -8.91. The monoisotopic (exact) mass is 492 g/mol. The molecule has 0 saturated carbocycles. The van der Waals surface area contributed by atoms with Crippen LogP contribution in [0.1, 0.15) is 50.3 Å². The first-order valence-electron chi connectivity index (χ1n) is 11.1. The molecular formula is C27H24O9. The Hall–Kier alpha value is -4.05. The van der Waals surface area contributed by atoms with Crippen LogP contribution in [-0.2, 0) is 14.2 Å². The van der Waals surface area contributed by atoms with E-state index >= 15 is 0 Å². The van der Waals surface area contributed by atoms with E-state index in [0.717, 1.165) is 12.1 Å². The van der Waals surface area contributed by atoms with Gasteiger partial charge >= 0.3 is 17.9 Å². The van der Waals surface area contributed by atoms with Gasteiger partial charge in [0, 0.05) is 19.3 Å². The van der Waals surface area contributed by atoms with Crippen LogP contribution in [0, 0.1) is 0 Å². The van der Waals surface area contributed by atoms with Crippen molar-refractivity contribution in [3.05, 3.63) is 108 Å². The van der Waals surface area contributed by atoms with Crippen molar-refractivity contribution < 1.29 is 43.9 Å². The van der Waals surface area contributed by atoms with Crippen molar-refractivity contribution in [1.29, 1.82) is 0 Å². The van der Waals surface area contributed by atoms with Crippen LogP contribution in [0.2, 0.25) is 0 Å². The minimum atomic E-state index is -1.97. The van der Waals surface area contributed by atoms with E-state index in [1.807, 2.05) is 0 Å². The molecule has 1 aromatic carbocycles. The van der Waals surface area contributed by atoms with Crippen LogP contribution in [0.15, 0.2) is 91.1 Å². The molecule has 1 aromatic rings. The van der Waals surface area contributed by atoms with E-state index in [9.17, 15) is 29.7 Å². The summed E-state index contributed by atoms with van der Waals surface area (Å²) in [6.45, 7) is 0. The zero-order valence-corrected chi connectivity index (χ0v) is 19.1. The summed E-state index contributed by atoms with van der Waals surface area (Å²) in [5.41, 5.74) is -0.887. The summed E-state index contributed by atoms with van der Waals surface area (Å²) >= 11 is 0. The average Bonchev–Trinajstić information content (AvgIpc) is 2.84. The van der Waals surface area contributed by atoms with Crippen molar-refractivity contribution in [3.63, 3.8) is 0 Å². The molecule has 0 saturated heterocycles. The minimum absolute atomic E-state index is 0.00312. The van der Waals surface area contributed by atoms with Crippen LogP contribution in [0.25, 0.3) is 0 Å². The van der Waals surface area contributed by atoms with E-state index in [2.05, 4.69) is 0 Å². The van der Waals surface area contributed by atoms with Gasteiger partial charge in [0.2, 0.25) is 17.4 Å². The number of aliphatic hydroxyl groups is 3. The highest BCUT2D eigenvalue weighted by Crippen LogP contribution is 2.27. The molecule has 3 N–H and O–H groups in total. The lowest BCUT2D eigenvalue weighted by atomic mass is 10.0. The third kappa shape index (κ3) is 5.77. The first kappa shape index (κ1) is 25.1. The van der Waals surface area contributed by atoms with Crippen LogP contribution in [-0.4, -0.2) is 50.6 Å². The molecular weight excluding hydrogens is 468 g/mol. The highest BCUT2D eigenvalue weighted by molar-refractivity contribution is 6.05. The quantitative estimate of drug-likeness (QED) is 0.311. The summed E-state index contributed by atoms with van der Waals surface area (Å²) in [6, 6.07) is 3.39. The minimum Gasteiger partial charge on any atom is -0.425 e. The number of hydrogen-bond donors (Lipinski definition) is 3. The molecule has 0 spiro atoms. The third-order valence-corrected chi connectivity index (χ3v) is 5.55. The molecule has 9 nitrogen and oxygen atoms in total. The number of rotatable bonds is 6. The van der Waals surface area contributed by atoms with Gasteiger partial charge in [-0.05, 0) is 36.4 Å². The Balaban J connectivity index is 1.64. The number of benzene rings is 1. The van der Waals surface area contributed by atoms with Crippen molar-refractivity contribution in [3.8, 4) is 0 Å². The second kappa shape index (κ2) is 9.90. The van der Waals surface area contributed by atoms with Crippen LogP contribution < -0.4 is 0 Å². The standard InChI is InChI=1S/C27H24O9/c28-22(34-25(31)12-4-1-5-13-25)19-10-11-20(23(29)35-26(32)14-6-2-7-15-26)21(18-19)24(30)36-27(33)16-8-3-9-17-27/h1-12,14,16,18,31-33H,13,15,17H2. The molecule has 186 valence electrons. The maximum Gasteiger partial charge on any atom is 0.341 e. The first-order chi connectivity index (χ1) is 17.1. The molecule has 0 radical (unpaired) electrons. The fourth-order valence-corrected chi connectivity index (χ4v) is 3.66. The molecule has 3 unspecified atom stereocenters. The number of esters is 3. The fourth-order valence-electron chi connectivity index (χ4n) is 3.66. The predicted molar refractivity (Wildman–Crippen MR) is 126 cm³/mol. The van der Waals surface area contributed by atoms with Crippen LogP contribution >= 0.6 is 0 Å².